The first kappa shape index (κ1) is 17.1. The topological polar surface area (TPSA) is 20.2 Å². The van der Waals surface area contributed by atoms with Crippen molar-refractivity contribution in [2.24, 2.45) is 5.41 Å². The van der Waals surface area contributed by atoms with Gasteiger partial charge >= 0.3 is 0 Å². The van der Waals surface area contributed by atoms with Crippen LogP contribution in [-0.4, -0.2) is 5.11 Å². The molecule has 1 rings (SSSR count). The van der Waals surface area contributed by atoms with Gasteiger partial charge in [-0.2, -0.15) is 0 Å². The van der Waals surface area contributed by atoms with Gasteiger partial charge in [-0.3, -0.25) is 0 Å². The van der Waals surface area contributed by atoms with E-state index in [1.54, 1.807) is 6.07 Å². The maximum Gasteiger partial charge on any atom is 0.118 e. The quantitative estimate of drug-likeness (QED) is 0.512. The van der Waals surface area contributed by atoms with Crippen molar-refractivity contribution < 1.29 is 5.11 Å². The third kappa shape index (κ3) is 6.98. The fourth-order valence-electron chi connectivity index (χ4n) is 2.82. The molecule has 0 aliphatic carbocycles. The van der Waals surface area contributed by atoms with Crippen molar-refractivity contribution in [3.05, 3.63) is 29.8 Å². The highest BCUT2D eigenvalue weighted by Crippen LogP contribution is 2.31. The van der Waals surface area contributed by atoms with Gasteiger partial charge in [0.25, 0.3) is 0 Å². The lowest BCUT2D eigenvalue weighted by molar-refractivity contribution is 0.311. The van der Waals surface area contributed by atoms with E-state index in [1.807, 2.05) is 18.2 Å². The maximum absolute atomic E-state index is 9.87. The Kier molecular flexibility index (Phi) is 7.72. The Bertz CT molecular complexity index is 368. The van der Waals surface area contributed by atoms with E-state index in [4.69, 9.17) is 0 Å². The number of hydrogen-bond acceptors (Lipinski definition) is 1. The number of hydrogen-bond donors (Lipinski definition) is 1. The van der Waals surface area contributed by atoms with Gasteiger partial charge in [-0.15, -0.1) is 0 Å². The van der Waals surface area contributed by atoms with Gasteiger partial charge in [0.15, 0.2) is 0 Å². The number of benzene rings is 1. The van der Waals surface area contributed by atoms with E-state index in [0.29, 0.717) is 5.75 Å². The summed E-state index contributed by atoms with van der Waals surface area (Å²) in [6.07, 6.45) is 11.8. The van der Waals surface area contributed by atoms with Crippen molar-refractivity contribution in [2.75, 3.05) is 0 Å². The highest BCUT2D eigenvalue weighted by molar-refractivity contribution is 5.32. The largest absolute Gasteiger partial charge is 0.508 e. The van der Waals surface area contributed by atoms with E-state index < -0.39 is 0 Å². The molecule has 0 saturated carbocycles. The van der Waals surface area contributed by atoms with Gasteiger partial charge in [0.05, 0.1) is 0 Å². The molecule has 0 unspecified atom stereocenters. The lowest BCUT2D eigenvalue weighted by Gasteiger charge is -2.25. The van der Waals surface area contributed by atoms with Crippen LogP contribution in [0.5, 0.6) is 5.75 Å². The molecule has 1 heteroatoms. The van der Waals surface area contributed by atoms with Crippen LogP contribution in [0.25, 0.3) is 0 Å². The maximum atomic E-state index is 9.87. The van der Waals surface area contributed by atoms with Crippen LogP contribution in [0, 0.1) is 5.41 Å². The van der Waals surface area contributed by atoms with E-state index in [0.717, 1.165) is 12.0 Å². The smallest absolute Gasteiger partial charge is 0.118 e. The van der Waals surface area contributed by atoms with Gasteiger partial charge in [-0.25, -0.2) is 0 Å². The Hall–Kier alpha value is -0.980. The zero-order valence-electron chi connectivity index (χ0n) is 13.6. The van der Waals surface area contributed by atoms with Crippen LogP contribution in [0.4, 0.5) is 0 Å². The van der Waals surface area contributed by atoms with Gasteiger partial charge in [0.2, 0.25) is 0 Å². The molecule has 0 spiro atoms. The first-order chi connectivity index (χ1) is 9.55. The molecule has 0 fully saturated rings. The van der Waals surface area contributed by atoms with Crippen molar-refractivity contribution in [1.29, 1.82) is 0 Å². The fraction of sp³-hybridized carbons (Fsp3) is 0.684. The number of phenolic OH excluding ortho intramolecular Hbond substituents is 1. The Morgan fingerprint density at radius 2 is 1.50 bits per heavy atom. The lowest BCUT2D eigenvalue weighted by atomic mass is 9.81. The number of para-hydroxylation sites is 1. The average Bonchev–Trinajstić information content (AvgIpc) is 2.40. The van der Waals surface area contributed by atoms with Crippen molar-refractivity contribution in [2.45, 2.75) is 78.6 Å². The molecule has 1 aromatic rings. The summed E-state index contributed by atoms with van der Waals surface area (Å²) in [5.41, 5.74) is 1.36. The molecule has 1 nitrogen and oxygen atoms in total. The van der Waals surface area contributed by atoms with Gasteiger partial charge in [-0.1, -0.05) is 83.9 Å². The minimum absolute atomic E-state index is 0.280. The Labute approximate surface area is 125 Å². The Morgan fingerprint density at radius 1 is 0.900 bits per heavy atom. The molecule has 1 aromatic carbocycles. The molecule has 1 N–H and O–H groups in total. The molecule has 0 saturated heterocycles. The second-order valence-corrected chi connectivity index (χ2v) is 6.84. The standard InChI is InChI=1S/C19H32O/c1-4-5-6-7-8-9-12-15-19(2,3)16-17-13-10-11-14-18(17)20/h10-11,13-14,20H,4-9,12,15-16H2,1-3H3. The van der Waals surface area contributed by atoms with Gasteiger partial charge in [0, 0.05) is 0 Å². The van der Waals surface area contributed by atoms with E-state index >= 15 is 0 Å². The predicted molar refractivity (Wildman–Crippen MR) is 88.2 cm³/mol. The zero-order chi connectivity index (χ0) is 14.8. The van der Waals surface area contributed by atoms with Crippen molar-refractivity contribution >= 4 is 0 Å². The van der Waals surface area contributed by atoms with Crippen LogP contribution in [0.3, 0.4) is 0 Å². The molecule has 20 heavy (non-hydrogen) atoms. The van der Waals surface area contributed by atoms with E-state index in [1.165, 1.54) is 51.4 Å². The number of phenols is 1. The SMILES string of the molecule is CCCCCCCCCC(C)(C)Cc1ccccc1O. The minimum atomic E-state index is 0.280. The molecule has 0 bridgehead atoms. The number of aromatic hydroxyl groups is 1. The van der Waals surface area contributed by atoms with Crippen molar-refractivity contribution in [3.8, 4) is 5.75 Å². The van der Waals surface area contributed by atoms with Crippen LogP contribution in [0.15, 0.2) is 24.3 Å². The van der Waals surface area contributed by atoms with Crippen molar-refractivity contribution in [3.63, 3.8) is 0 Å². The number of unbranched alkanes of at least 4 members (excludes halogenated alkanes) is 6. The summed E-state index contributed by atoms with van der Waals surface area (Å²) in [4.78, 5) is 0. The van der Waals surface area contributed by atoms with Crippen LogP contribution in [0.2, 0.25) is 0 Å². The molecule has 114 valence electrons. The third-order valence-electron chi connectivity index (χ3n) is 4.12. The van der Waals surface area contributed by atoms with Gasteiger partial charge < -0.3 is 5.11 Å². The van der Waals surface area contributed by atoms with Crippen LogP contribution < -0.4 is 0 Å². The summed E-state index contributed by atoms with van der Waals surface area (Å²) in [7, 11) is 0. The van der Waals surface area contributed by atoms with Crippen molar-refractivity contribution in [1.82, 2.24) is 0 Å². The highest BCUT2D eigenvalue weighted by Gasteiger charge is 2.19. The normalized spacial score (nSPS) is 11.8. The summed E-state index contributed by atoms with van der Waals surface area (Å²) < 4.78 is 0. The molecule has 0 heterocycles. The fourth-order valence-corrected chi connectivity index (χ4v) is 2.82. The summed E-state index contributed by atoms with van der Waals surface area (Å²) >= 11 is 0. The van der Waals surface area contributed by atoms with Gasteiger partial charge in [-0.05, 0) is 29.9 Å². The van der Waals surface area contributed by atoms with Gasteiger partial charge in [0.1, 0.15) is 5.75 Å². The lowest BCUT2D eigenvalue weighted by Crippen LogP contribution is -2.15. The first-order valence-corrected chi connectivity index (χ1v) is 8.32. The summed E-state index contributed by atoms with van der Waals surface area (Å²) in [6, 6.07) is 7.74. The van der Waals surface area contributed by atoms with Crippen LogP contribution in [0.1, 0.15) is 77.7 Å². The molecule has 0 aromatic heterocycles. The van der Waals surface area contributed by atoms with E-state index in [9.17, 15) is 5.11 Å². The van der Waals surface area contributed by atoms with E-state index in [-0.39, 0.29) is 5.41 Å². The molecule has 0 amide bonds. The summed E-state index contributed by atoms with van der Waals surface area (Å²) in [5, 5.41) is 9.87. The van der Waals surface area contributed by atoms with E-state index in [2.05, 4.69) is 20.8 Å². The first-order valence-electron chi connectivity index (χ1n) is 8.32. The van der Waals surface area contributed by atoms with Crippen LogP contribution >= 0.6 is 0 Å². The average molecular weight is 276 g/mol. The molecular formula is C19H32O. The second-order valence-electron chi connectivity index (χ2n) is 6.84. The highest BCUT2D eigenvalue weighted by atomic mass is 16.3. The second kappa shape index (κ2) is 9.05. The predicted octanol–water partition coefficient (Wildman–Crippen LogP) is 6.10. The molecule has 0 aliphatic rings. The summed E-state index contributed by atoms with van der Waals surface area (Å²) in [5.74, 6) is 0.445. The zero-order valence-corrected chi connectivity index (χ0v) is 13.6. The monoisotopic (exact) mass is 276 g/mol. The molecule has 0 aliphatic heterocycles. The third-order valence-corrected chi connectivity index (χ3v) is 4.12. The van der Waals surface area contributed by atoms with Crippen LogP contribution in [-0.2, 0) is 6.42 Å². The minimum Gasteiger partial charge on any atom is -0.508 e. The summed E-state index contributed by atoms with van der Waals surface area (Å²) in [6.45, 7) is 6.90. The molecular weight excluding hydrogens is 244 g/mol. The molecule has 0 radical (unpaired) electrons. The Morgan fingerprint density at radius 3 is 2.15 bits per heavy atom. The molecule has 0 atom stereocenters. The number of rotatable bonds is 10. The Balaban J connectivity index is 2.23.